The average molecular weight is 1040 g/mol. The quantitative estimate of drug-likeness (QED) is 0.0488. The summed E-state index contributed by atoms with van der Waals surface area (Å²) in [6, 6.07) is 0. The number of nitrogens with one attached hydrogen (secondary N) is 1. The summed E-state index contributed by atoms with van der Waals surface area (Å²) in [6.07, 6.45) is 25.9. The first-order chi connectivity index (χ1) is 34.9. The van der Waals surface area contributed by atoms with Gasteiger partial charge in [-0.05, 0) is 163 Å². The Kier molecular flexibility index (Phi) is 23.8. The monoisotopic (exact) mass is 1040 g/mol. The lowest BCUT2D eigenvalue weighted by Crippen LogP contribution is -2.57. The predicted octanol–water partition coefficient (Wildman–Crippen LogP) is 13.0. The van der Waals surface area contributed by atoms with Gasteiger partial charge in [-0.1, -0.05) is 107 Å². The Morgan fingerprint density at radius 1 is 0.784 bits per heavy atom. The van der Waals surface area contributed by atoms with Gasteiger partial charge in [0.05, 0.1) is 66.5 Å². The van der Waals surface area contributed by atoms with E-state index in [1.807, 2.05) is 20.8 Å². The fourth-order valence-electron chi connectivity index (χ4n) is 13.4. The molecular formula is C63H107NO10. The summed E-state index contributed by atoms with van der Waals surface area (Å²) in [4.78, 5) is 13.7. The molecule has 0 aliphatic carbocycles. The maximum absolute atomic E-state index is 13.7. The molecule has 0 unspecified atom stereocenters. The molecule has 5 rings (SSSR count). The van der Waals surface area contributed by atoms with Gasteiger partial charge in [-0.25, -0.2) is 0 Å². The van der Waals surface area contributed by atoms with E-state index < -0.39 is 53.6 Å². The molecule has 4 N–H and O–H groups in total. The summed E-state index contributed by atoms with van der Waals surface area (Å²) >= 11 is 0. The van der Waals surface area contributed by atoms with Gasteiger partial charge in [-0.2, -0.15) is 0 Å². The number of aliphatic hydroxyl groups excluding tert-OH is 2. The molecule has 0 bridgehead atoms. The fraction of sp³-hybridized carbons (Fsp3) is 0.825. The molecule has 5 saturated heterocycles. The zero-order valence-electron chi connectivity index (χ0n) is 49.2. The highest BCUT2D eigenvalue weighted by molar-refractivity contribution is 5.78. The third-order valence-electron chi connectivity index (χ3n) is 18.4. The van der Waals surface area contributed by atoms with Gasteiger partial charge < -0.3 is 49.1 Å². The lowest BCUT2D eigenvalue weighted by atomic mass is 9.78. The van der Waals surface area contributed by atoms with E-state index in [0.29, 0.717) is 19.4 Å². The molecule has 5 heterocycles. The molecular weight excluding hydrogens is 931 g/mol. The predicted molar refractivity (Wildman–Crippen MR) is 298 cm³/mol. The van der Waals surface area contributed by atoms with Crippen molar-refractivity contribution >= 4 is 5.91 Å². The minimum atomic E-state index is -1.57. The topological polar surface area (TPSA) is 145 Å². The van der Waals surface area contributed by atoms with Crippen LogP contribution in [0.4, 0.5) is 0 Å². The lowest BCUT2D eigenvalue weighted by Gasteiger charge is -2.49. The van der Waals surface area contributed by atoms with Crippen LogP contribution in [0.3, 0.4) is 0 Å². The molecule has 11 nitrogen and oxygen atoms in total. The lowest BCUT2D eigenvalue weighted by molar-refractivity contribution is -0.336. The highest BCUT2D eigenvalue weighted by Crippen LogP contribution is 2.55. The molecule has 424 valence electrons. The maximum Gasteiger partial charge on any atom is 0.225 e. The molecule has 74 heavy (non-hydrogen) atoms. The average Bonchev–Trinajstić information content (AvgIpc) is 4.07. The second-order valence-corrected chi connectivity index (χ2v) is 25.0. The van der Waals surface area contributed by atoms with Crippen LogP contribution in [0, 0.1) is 35.5 Å². The molecule has 5 aliphatic rings. The van der Waals surface area contributed by atoms with E-state index in [9.17, 15) is 20.1 Å². The number of amides is 1. The molecule has 11 heteroatoms. The standard InChI is InChI=1S/C63H107NO10/c1-16-61(58-47(9)38-53(70-58)55-46(8)37-48(10)63(68,40-65)73-55)33-32-54(71-61)60(14)34-35-62(74-60)39-52(66)49(11)57(72-62)50(12)56(69-15)51(13)59(67)64-36-22-31-45(7)30-21-28-43(5)25-18-17-24-42(4)27-20-29-44(6)26-19-23-41(2)3/h23-25,29-30,46-58,65-66,68H,16-22,26-28,31-40H2,1-15H3,(H,64,67)/b42-24+,43-25+,44-29+,45-30+/t46-,47-,48+,49+,50-,51-,52-,53+,54+,55-,56+,57-,58+,60-,61-,62+,63-/m0/s1. The van der Waals surface area contributed by atoms with Crippen LogP contribution in [0.2, 0.25) is 0 Å². The number of ether oxygens (including phenoxy) is 6. The van der Waals surface area contributed by atoms with Crippen molar-refractivity contribution in [2.45, 2.75) is 278 Å². The van der Waals surface area contributed by atoms with Gasteiger partial charge in [-0.15, -0.1) is 0 Å². The molecule has 0 aromatic rings. The van der Waals surface area contributed by atoms with Crippen molar-refractivity contribution in [1.82, 2.24) is 5.32 Å². The van der Waals surface area contributed by atoms with Gasteiger partial charge in [0.1, 0.15) is 0 Å². The number of methoxy groups -OCH3 is 1. The fourth-order valence-corrected chi connectivity index (χ4v) is 13.4. The number of unbranched alkanes of at least 4 members (excludes halogenated alkanes) is 1. The van der Waals surface area contributed by atoms with E-state index in [-0.39, 0.29) is 59.9 Å². The Labute approximate surface area is 450 Å². The Balaban J connectivity index is 1.06. The van der Waals surface area contributed by atoms with Gasteiger partial charge >= 0.3 is 0 Å². The summed E-state index contributed by atoms with van der Waals surface area (Å²) in [6.45, 7) is 30.1. The maximum atomic E-state index is 13.7. The van der Waals surface area contributed by atoms with Crippen LogP contribution in [-0.4, -0.2) is 107 Å². The molecule has 5 aliphatic heterocycles. The molecule has 1 spiro atoms. The normalized spacial score (nSPS) is 37.6. The van der Waals surface area contributed by atoms with E-state index >= 15 is 0 Å². The SMILES string of the molecule is CC[C@@]1([C@@H]2O[C@@H]([C@H]3O[C@@](O)(CO)[C@H](C)C[C@@H]3C)C[C@@H]2C)CC[C@H]([C@]2(C)CC[C@]3(C[C@H](O)[C@@H](C)[C@@H]([C@@H](C)[C@@H](OC)[C@H](C)C(=O)NCCC/C(C)=C/CC/C(C)=C/CC/C=C(\C)CC/C=C(\C)CCC=C(C)C)O3)O2)O1. The van der Waals surface area contributed by atoms with Crippen molar-refractivity contribution in [3.8, 4) is 0 Å². The van der Waals surface area contributed by atoms with Crippen molar-refractivity contribution in [2.24, 2.45) is 35.5 Å². The molecule has 0 radical (unpaired) electrons. The molecule has 0 saturated carbocycles. The summed E-state index contributed by atoms with van der Waals surface area (Å²) in [7, 11) is 1.67. The van der Waals surface area contributed by atoms with Crippen LogP contribution in [0.15, 0.2) is 58.2 Å². The van der Waals surface area contributed by atoms with Crippen molar-refractivity contribution in [3.63, 3.8) is 0 Å². The van der Waals surface area contributed by atoms with Crippen LogP contribution < -0.4 is 5.32 Å². The summed E-state index contributed by atoms with van der Waals surface area (Å²) in [5, 5.41) is 36.0. The van der Waals surface area contributed by atoms with Gasteiger partial charge in [0.25, 0.3) is 0 Å². The summed E-state index contributed by atoms with van der Waals surface area (Å²) in [5.41, 5.74) is 6.03. The van der Waals surface area contributed by atoms with Gasteiger partial charge in [0, 0.05) is 44.2 Å². The number of allylic oxidation sites excluding steroid dienone is 10. The zero-order valence-corrected chi connectivity index (χ0v) is 49.2. The number of carbonyl (C=O) groups excluding carboxylic acids is 1. The number of rotatable bonds is 26. The first-order valence-electron chi connectivity index (χ1n) is 29.4. The molecule has 0 aromatic carbocycles. The second-order valence-electron chi connectivity index (χ2n) is 25.0. The minimum Gasteiger partial charge on any atom is -0.393 e. The van der Waals surface area contributed by atoms with E-state index in [0.717, 1.165) is 103 Å². The van der Waals surface area contributed by atoms with Crippen LogP contribution >= 0.6 is 0 Å². The second kappa shape index (κ2) is 28.1. The van der Waals surface area contributed by atoms with Crippen LogP contribution in [0.1, 0.15) is 213 Å². The minimum absolute atomic E-state index is 0.0380. The van der Waals surface area contributed by atoms with Gasteiger partial charge in [0.2, 0.25) is 5.91 Å². The van der Waals surface area contributed by atoms with Crippen molar-refractivity contribution in [3.05, 3.63) is 58.2 Å². The highest BCUT2D eigenvalue weighted by Gasteiger charge is 2.62. The Bertz CT molecular complexity index is 1940. The van der Waals surface area contributed by atoms with Crippen LogP contribution in [0.5, 0.6) is 0 Å². The van der Waals surface area contributed by atoms with Crippen molar-refractivity contribution in [2.75, 3.05) is 20.3 Å². The van der Waals surface area contributed by atoms with E-state index in [1.165, 1.54) is 27.9 Å². The Morgan fingerprint density at radius 3 is 1.96 bits per heavy atom. The molecule has 0 aromatic heterocycles. The summed E-state index contributed by atoms with van der Waals surface area (Å²) in [5.74, 6) is -3.20. The van der Waals surface area contributed by atoms with E-state index in [2.05, 4.69) is 112 Å². The zero-order chi connectivity index (χ0) is 54.6. The number of hydrogen-bond acceptors (Lipinski definition) is 10. The first kappa shape index (κ1) is 62.7. The van der Waals surface area contributed by atoms with Crippen molar-refractivity contribution in [1.29, 1.82) is 0 Å². The largest absolute Gasteiger partial charge is 0.393 e. The Morgan fingerprint density at radius 2 is 1.38 bits per heavy atom. The molecule has 5 fully saturated rings. The van der Waals surface area contributed by atoms with E-state index in [1.54, 1.807) is 7.11 Å². The highest BCUT2D eigenvalue weighted by atomic mass is 16.7. The number of carbonyl (C=O) groups is 1. The van der Waals surface area contributed by atoms with Gasteiger partial charge in [0.15, 0.2) is 11.6 Å². The number of hydrogen-bond donors (Lipinski definition) is 4. The third kappa shape index (κ3) is 16.2. The van der Waals surface area contributed by atoms with Crippen molar-refractivity contribution < 1.29 is 48.5 Å². The Hall–Kier alpha value is -2.19. The third-order valence-corrected chi connectivity index (χ3v) is 18.4. The van der Waals surface area contributed by atoms with Crippen LogP contribution in [-0.2, 0) is 33.2 Å². The molecule has 1 amide bonds. The smallest absolute Gasteiger partial charge is 0.225 e. The van der Waals surface area contributed by atoms with Gasteiger partial charge in [-0.3, -0.25) is 4.79 Å². The first-order valence-corrected chi connectivity index (χ1v) is 29.4. The van der Waals surface area contributed by atoms with E-state index in [4.69, 9.17) is 28.4 Å². The summed E-state index contributed by atoms with van der Waals surface area (Å²) < 4.78 is 40.7. The molecule has 17 atom stereocenters. The van der Waals surface area contributed by atoms with Crippen LogP contribution in [0.25, 0.3) is 0 Å². The number of aliphatic hydroxyl groups is 3.